The van der Waals surface area contributed by atoms with Crippen LogP contribution < -0.4 is 44.3 Å². The minimum Gasteiger partial charge on any atom is -0.744 e. The van der Waals surface area contributed by atoms with Gasteiger partial charge in [-0.25, -0.2) is 8.42 Å². The van der Waals surface area contributed by atoms with Crippen LogP contribution in [0.25, 0.3) is 27.6 Å². The minimum absolute atomic E-state index is 0. The topological polar surface area (TPSA) is 113 Å². The van der Waals surface area contributed by atoms with E-state index in [9.17, 15) is 13.0 Å². The number of fused-ring (bicyclic) bond motifs is 2. The zero-order chi connectivity index (χ0) is 28.4. The fraction of sp³-hybridized carbons (Fsp3) is 0. The average molecular weight is 584 g/mol. The van der Waals surface area contributed by atoms with E-state index in [1.807, 2.05) is 84.9 Å². The summed E-state index contributed by atoms with van der Waals surface area (Å²) in [7, 11) is -4.66. The molecule has 5 aromatic carbocycles. The third-order valence-electron chi connectivity index (χ3n) is 6.33. The summed E-state index contributed by atoms with van der Waals surface area (Å²) in [5.41, 5.74) is 0.638. The van der Waals surface area contributed by atoms with Crippen molar-refractivity contribution >= 4 is 49.2 Å². The van der Waals surface area contributed by atoms with Crippen LogP contribution in [0.1, 0.15) is 5.56 Å². The van der Waals surface area contributed by atoms with E-state index in [2.05, 4.69) is 21.9 Å². The Balaban J connectivity index is 0.00000353. The van der Waals surface area contributed by atoms with Crippen molar-refractivity contribution in [2.24, 2.45) is 0 Å². The van der Waals surface area contributed by atoms with Crippen molar-refractivity contribution in [3.05, 3.63) is 121 Å². The summed E-state index contributed by atoms with van der Waals surface area (Å²) in [6, 6.07) is 33.0. The molecule has 0 aliphatic rings. The van der Waals surface area contributed by atoms with E-state index >= 15 is 0 Å². The second-order valence-corrected chi connectivity index (χ2v) is 10.5. The molecule has 1 N–H and O–H groups in total. The minimum atomic E-state index is -4.66. The van der Waals surface area contributed by atoms with Gasteiger partial charge in [0.1, 0.15) is 27.4 Å². The van der Waals surface area contributed by atoms with E-state index in [-0.39, 0.29) is 51.9 Å². The van der Waals surface area contributed by atoms with Crippen molar-refractivity contribution in [2.75, 3.05) is 5.32 Å². The van der Waals surface area contributed by atoms with E-state index in [0.29, 0.717) is 23.0 Å². The van der Waals surface area contributed by atoms with Crippen LogP contribution in [0.4, 0.5) is 11.5 Å². The number of rotatable bonds is 8. The van der Waals surface area contributed by atoms with Gasteiger partial charge >= 0.3 is 35.6 Å². The summed E-state index contributed by atoms with van der Waals surface area (Å²) in [4.78, 5) is 8.61. The van der Waals surface area contributed by atoms with Gasteiger partial charge in [-0.05, 0) is 69.6 Å². The Labute approximate surface area is 264 Å². The second-order valence-electron chi connectivity index (χ2n) is 9.13. The zero-order valence-corrected chi connectivity index (χ0v) is 25.3. The van der Waals surface area contributed by atoms with Crippen molar-refractivity contribution in [3.63, 3.8) is 0 Å². The monoisotopic (exact) mass is 583 g/mol. The molecular formula is C32H22N3NaO5S. The largest absolute Gasteiger partial charge is 1.00 e. The van der Waals surface area contributed by atoms with Gasteiger partial charge in [0.2, 0.25) is 5.88 Å². The van der Waals surface area contributed by atoms with Crippen LogP contribution in [-0.2, 0) is 10.1 Å². The maximum Gasteiger partial charge on any atom is 1.00 e. The quantitative estimate of drug-likeness (QED) is 0.203. The van der Waals surface area contributed by atoms with Gasteiger partial charge in [0, 0.05) is 11.8 Å². The van der Waals surface area contributed by atoms with Gasteiger partial charge in [-0.3, -0.25) is 0 Å². The van der Waals surface area contributed by atoms with E-state index in [1.165, 1.54) is 24.3 Å². The Morgan fingerprint density at radius 1 is 0.714 bits per heavy atom. The molecule has 1 heterocycles. The van der Waals surface area contributed by atoms with E-state index in [0.717, 1.165) is 21.5 Å². The van der Waals surface area contributed by atoms with E-state index < -0.39 is 10.1 Å². The van der Waals surface area contributed by atoms with Crippen molar-refractivity contribution in [3.8, 4) is 23.4 Å². The van der Waals surface area contributed by atoms with Gasteiger partial charge in [-0.15, -0.1) is 0 Å². The summed E-state index contributed by atoms with van der Waals surface area (Å²) in [5.74, 6) is 1.65. The molecule has 6 aromatic rings. The number of hydrogen-bond acceptors (Lipinski definition) is 8. The number of aromatic nitrogens is 2. The van der Waals surface area contributed by atoms with Gasteiger partial charge in [0.25, 0.3) is 0 Å². The molecule has 0 aliphatic heterocycles. The van der Waals surface area contributed by atoms with Gasteiger partial charge in [-0.1, -0.05) is 73.3 Å². The summed E-state index contributed by atoms with van der Waals surface area (Å²) in [5, 5.41) is 7.26. The first-order valence-corrected chi connectivity index (χ1v) is 14.0. The first kappa shape index (κ1) is 29.2. The molecule has 8 nitrogen and oxygen atoms in total. The van der Waals surface area contributed by atoms with Crippen LogP contribution in [0.15, 0.2) is 121 Å². The smallest absolute Gasteiger partial charge is 0.744 e. The van der Waals surface area contributed by atoms with Crippen molar-refractivity contribution in [2.45, 2.75) is 4.90 Å². The van der Waals surface area contributed by atoms with E-state index in [1.54, 1.807) is 6.07 Å². The number of ether oxygens (including phenoxy) is 2. The van der Waals surface area contributed by atoms with Gasteiger partial charge in [-0.2, -0.15) is 9.97 Å². The molecule has 1 aromatic heterocycles. The Morgan fingerprint density at radius 3 is 1.90 bits per heavy atom. The first-order valence-electron chi connectivity index (χ1n) is 12.6. The predicted octanol–water partition coefficient (Wildman–Crippen LogP) is 4.66. The van der Waals surface area contributed by atoms with Gasteiger partial charge in [0.15, 0.2) is 0 Å². The Bertz CT molecular complexity index is 1950. The molecule has 10 heteroatoms. The predicted molar refractivity (Wildman–Crippen MR) is 158 cm³/mol. The molecule has 0 aliphatic carbocycles. The van der Waals surface area contributed by atoms with Crippen LogP contribution in [0, 0.1) is 0 Å². The van der Waals surface area contributed by atoms with Crippen molar-refractivity contribution in [1.29, 1.82) is 0 Å². The summed E-state index contributed by atoms with van der Waals surface area (Å²) in [6.07, 6.45) is 1.30. The maximum atomic E-state index is 11.6. The molecule has 0 bridgehead atoms. The summed E-state index contributed by atoms with van der Waals surface area (Å²) in [6.45, 7) is 3.62. The molecule has 0 saturated carbocycles. The molecule has 0 spiro atoms. The van der Waals surface area contributed by atoms with Gasteiger partial charge < -0.3 is 19.3 Å². The number of nitrogens with one attached hydrogen (secondary N) is 1. The van der Waals surface area contributed by atoms with Crippen LogP contribution in [0.3, 0.4) is 0 Å². The molecule has 6 rings (SSSR count). The Morgan fingerprint density at radius 2 is 1.31 bits per heavy atom. The first-order chi connectivity index (χ1) is 19.8. The molecule has 202 valence electrons. The average Bonchev–Trinajstić information content (AvgIpc) is 2.96. The fourth-order valence-electron chi connectivity index (χ4n) is 4.42. The Kier molecular flexibility index (Phi) is 8.58. The molecule has 0 unspecified atom stereocenters. The van der Waals surface area contributed by atoms with Crippen LogP contribution in [0.2, 0.25) is 0 Å². The third kappa shape index (κ3) is 6.62. The number of benzene rings is 5. The molecule has 0 radical (unpaired) electrons. The van der Waals surface area contributed by atoms with Gasteiger partial charge in [0.05, 0.1) is 4.90 Å². The number of hydrogen-bond donors (Lipinski definition) is 1. The molecule has 0 atom stereocenters. The standard InChI is InChI=1S/C32H23N3O5S.Na/c1-2-21-17-26(13-16-29(21)41(36,37)38)33-30-20-31(39-27-14-11-22-7-3-5-9-24(22)18-27)35-32(34-30)40-28-15-12-23-8-4-6-10-25(23)19-28;/h2-20H,1H2,(H,33,34,35)(H,36,37,38);/q;+1/p-1. The third-order valence-corrected chi connectivity index (χ3v) is 7.24. The molecule has 0 fully saturated rings. The van der Waals surface area contributed by atoms with Crippen LogP contribution in [-0.4, -0.2) is 22.9 Å². The Hall–Kier alpha value is -4.25. The number of anilines is 2. The summed E-state index contributed by atoms with van der Waals surface area (Å²) < 4.78 is 47.0. The molecule has 0 amide bonds. The maximum absolute atomic E-state index is 11.6. The summed E-state index contributed by atoms with van der Waals surface area (Å²) >= 11 is 0. The van der Waals surface area contributed by atoms with E-state index in [4.69, 9.17) is 9.47 Å². The van der Waals surface area contributed by atoms with Crippen molar-refractivity contribution in [1.82, 2.24) is 9.97 Å². The SMILES string of the molecule is C=Cc1cc(Nc2cc(Oc3ccc4ccccc4c3)nc(Oc3ccc4ccccc4c3)n2)ccc1S(=O)(=O)[O-].[Na+]. The normalized spacial score (nSPS) is 11.1. The van der Waals surface area contributed by atoms with Crippen molar-refractivity contribution < 1.29 is 52.0 Å². The van der Waals surface area contributed by atoms with Crippen LogP contribution >= 0.6 is 0 Å². The zero-order valence-electron chi connectivity index (χ0n) is 22.5. The molecule has 42 heavy (non-hydrogen) atoms. The fourth-order valence-corrected chi connectivity index (χ4v) is 5.08. The molecular weight excluding hydrogens is 561 g/mol. The number of nitrogens with zero attached hydrogens (tertiary/aromatic N) is 2. The molecule has 0 saturated heterocycles. The second kappa shape index (κ2) is 12.3. The van der Waals surface area contributed by atoms with Crippen LogP contribution in [0.5, 0.6) is 23.4 Å².